The van der Waals surface area contributed by atoms with E-state index in [2.05, 4.69) is 35.1 Å². The van der Waals surface area contributed by atoms with Crippen LogP contribution >= 0.6 is 11.6 Å². The predicted octanol–water partition coefficient (Wildman–Crippen LogP) is 4.31. The number of nitrogens with zero attached hydrogens (tertiary/aromatic N) is 6. The van der Waals surface area contributed by atoms with Crippen LogP contribution in [0, 0.1) is 6.92 Å². The zero-order chi connectivity index (χ0) is 31.9. The van der Waals surface area contributed by atoms with Crippen LogP contribution < -0.4 is 20.5 Å². The number of piperidine rings is 1. The number of hydrogen-bond acceptors (Lipinski definition) is 9. The van der Waals surface area contributed by atoms with Crippen molar-refractivity contribution >= 4 is 50.1 Å². The van der Waals surface area contributed by atoms with Gasteiger partial charge in [-0.2, -0.15) is 5.10 Å². The lowest BCUT2D eigenvalue weighted by Gasteiger charge is -2.33. The van der Waals surface area contributed by atoms with Crippen molar-refractivity contribution in [2.24, 2.45) is 7.05 Å². The molecule has 14 heteroatoms. The second kappa shape index (κ2) is 12.2. The van der Waals surface area contributed by atoms with E-state index in [-0.39, 0.29) is 22.1 Å². The normalized spacial score (nSPS) is 15.1. The molecule has 0 saturated carbocycles. The molecule has 1 amide bonds. The lowest BCUT2D eigenvalue weighted by molar-refractivity contribution is 0.0977. The summed E-state index contributed by atoms with van der Waals surface area (Å²) in [6.45, 7) is 9.46. The number of benzene rings is 1. The van der Waals surface area contributed by atoms with E-state index in [4.69, 9.17) is 21.7 Å². The van der Waals surface area contributed by atoms with Gasteiger partial charge in [0.1, 0.15) is 5.15 Å². The predicted molar refractivity (Wildman–Crippen MR) is 172 cm³/mol. The van der Waals surface area contributed by atoms with E-state index < -0.39 is 22.0 Å². The molecule has 44 heavy (non-hydrogen) atoms. The summed E-state index contributed by atoms with van der Waals surface area (Å²) in [6.07, 6.45) is 4.70. The fourth-order valence-electron chi connectivity index (χ4n) is 5.64. The Hall–Kier alpha value is -3.97. The van der Waals surface area contributed by atoms with Crippen LogP contribution in [-0.4, -0.2) is 58.0 Å². The van der Waals surface area contributed by atoms with Crippen LogP contribution in [0.2, 0.25) is 5.15 Å². The van der Waals surface area contributed by atoms with Gasteiger partial charge in [-0.3, -0.25) is 18.8 Å². The highest BCUT2D eigenvalue weighted by Crippen LogP contribution is 2.32. The number of nitrogens with one attached hydrogen (secondary N) is 2. The number of carbonyl (C=O) groups excluding carboxylic acids is 1. The van der Waals surface area contributed by atoms with E-state index in [9.17, 15) is 18.0 Å². The van der Waals surface area contributed by atoms with Gasteiger partial charge in [0, 0.05) is 43.9 Å². The lowest BCUT2D eigenvalue weighted by Crippen LogP contribution is -2.38. The van der Waals surface area contributed by atoms with Crippen molar-refractivity contribution in [1.29, 1.82) is 0 Å². The summed E-state index contributed by atoms with van der Waals surface area (Å²) in [5.74, 6) is 0.0213. The number of aryl methyl sites for hydroxylation is 1. The van der Waals surface area contributed by atoms with Gasteiger partial charge in [-0.25, -0.2) is 23.1 Å². The molecular weight excluding hydrogens is 604 g/mol. The third kappa shape index (κ3) is 6.58. The van der Waals surface area contributed by atoms with Crippen molar-refractivity contribution in [3.05, 3.63) is 74.6 Å². The average Bonchev–Trinajstić information content (AvgIpc) is 3.46. The van der Waals surface area contributed by atoms with Crippen LogP contribution in [0.1, 0.15) is 78.9 Å². The molecule has 2 N–H and O–H groups in total. The van der Waals surface area contributed by atoms with E-state index in [1.807, 2.05) is 41.6 Å². The van der Waals surface area contributed by atoms with Crippen LogP contribution in [0.5, 0.6) is 0 Å². The second-order valence-electron chi connectivity index (χ2n) is 11.7. The van der Waals surface area contributed by atoms with Gasteiger partial charge in [-0.1, -0.05) is 17.7 Å². The Balaban J connectivity index is 1.46. The average molecular weight is 641 g/mol. The summed E-state index contributed by atoms with van der Waals surface area (Å²) >= 11 is 6.04. The molecule has 1 fully saturated rings. The van der Waals surface area contributed by atoms with Crippen molar-refractivity contribution in [1.82, 2.24) is 29.0 Å². The van der Waals surface area contributed by atoms with Gasteiger partial charge >= 0.3 is 0 Å². The first-order chi connectivity index (χ1) is 20.7. The van der Waals surface area contributed by atoms with Crippen LogP contribution in [0.15, 0.2) is 41.3 Å². The number of sulfonamides is 1. The second-order valence-corrected chi connectivity index (χ2v) is 13.8. The van der Waals surface area contributed by atoms with Crippen LogP contribution in [0.25, 0.3) is 10.9 Å². The first-order valence-corrected chi connectivity index (χ1v) is 16.7. The molecule has 234 valence electrons. The van der Waals surface area contributed by atoms with E-state index >= 15 is 0 Å². The van der Waals surface area contributed by atoms with Gasteiger partial charge in [-0.15, -0.1) is 0 Å². The largest absolute Gasteiger partial charge is 0.377 e. The van der Waals surface area contributed by atoms with Gasteiger partial charge < -0.3 is 10.2 Å². The standard InChI is InChI=1S/C30H37ClN8O4S/c1-17(2)39-14-11-23(35-39)20-9-12-38(13-10-20)30-34-26-21(15-18(3)16-22(26)29(41)37(30)5)19(4)32-24-7-8-25(31)33-27(24)28(40)36-44(6,42)43/h7-8,11,14-17,19-20,32H,9-10,12-13H2,1-6H3,(H,36,40)/t19-/m1/s1. The quantitative estimate of drug-likeness (QED) is 0.269. The summed E-state index contributed by atoms with van der Waals surface area (Å²) in [4.78, 5) is 37.7. The third-order valence-corrected chi connectivity index (χ3v) is 8.64. The Morgan fingerprint density at radius 3 is 2.43 bits per heavy atom. The fraction of sp³-hybridized carbons (Fsp3) is 0.433. The molecule has 1 saturated heterocycles. The smallest absolute Gasteiger partial charge is 0.285 e. The van der Waals surface area contributed by atoms with Crippen molar-refractivity contribution in [3.63, 3.8) is 0 Å². The van der Waals surface area contributed by atoms with Crippen LogP contribution in [0.4, 0.5) is 11.6 Å². The molecule has 1 aromatic carbocycles. The maximum Gasteiger partial charge on any atom is 0.285 e. The highest BCUT2D eigenvalue weighted by Gasteiger charge is 2.27. The Kier molecular flexibility index (Phi) is 8.72. The number of fused-ring (bicyclic) bond motifs is 1. The molecular formula is C30H37ClN8O4S. The van der Waals surface area contributed by atoms with Gasteiger partial charge in [0.25, 0.3) is 11.5 Å². The van der Waals surface area contributed by atoms with Crippen molar-refractivity contribution < 1.29 is 13.2 Å². The number of pyridine rings is 1. The van der Waals surface area contributed by atoms with Crippen LogP contribution in [-0.2, 0) is 17.1 Å². The van der Waals surface area contributed by atoms with Gasteiger partial charge in [0.2, 0.25) is 16.0 Å². The number of amides is 1. The number of hydrogen-bond donors (Lipinski definition) is 2. The molecule has 0 aliphatic carbocycles. The number of rotatable bonds is 8. The topological polar surface area (TPSA) is 144 Å². The molecule has 4 heterocycles. The van der Waals surface area contributed by atoms with Crippen LogP contribution in [0.3, 0.4) is 0 Å². The molecule has 0 bridgehead atoms. The Morgan fingerprint density at radius 2 is 1.80 bits per heavy atom. The minimum absolute atomic E-state index is 0.0368. The number of aromatic nitrogens is 5. The summed E-state index contributed by atoms with van der Waals surface area (Å²) in [5, 5.41) is 8.55. The number of carbonyl (C=O) groups is 1. The molecule has 0 unspecified atom stereocenters. The maximum atomic E-state index is 13.7. The summed E-state index contributed by atoms with van der Waals surface area (Å²) in [5.41, 5.74) is 3.23. The first kappa shape index (κ1) is 31.5. The molecule has 4 aromatic rings. The van der Waals surface area contributed by atoms with E-state index in [1.165, 1.54) is 6.07 Å². The maximum absolute atomic E-state index is 13.7. The molecule has 12 nitrogen and oxygen atoms in total. The molecule has 1 aliphatic heterocycles. The molecule has 5 rings (SSSR count). The van der Waals surface area contributed by atoms with Crippen molar-refractivity contribution in [2.75, 3.05) is 29.6 Å². The van der Waals surface area contributed by atoms with Crippen molar-refractivity contribution in [3.8, 4) is 0 Å². The monoisotopic (exact) mass is 640 g/mol. The minimum Gasteiger partial charge on any atom is -0.377 e. The summed E-state index contributed by atoms with van der Waals surface area (Å²) in [7, 11) is -2.08. The number of anilines is 2. The summed E-state index contributed by atoms with van der Waals surface area (Å²) in [6, 6.07) is 8.81. The molecule has 0 spiro atoms. The molecule has 1 atom stereocenters. The van der Waals surface area contributed by atoms with Gasteiger partial charge in [0.05, 0.1) is 34.6 Å². The van der Waals surface area contributed by atoms with E-state index in [0.29, 0.717) is 28.8 Å². The fourth-order valence-corrected chi connectivity index (χ4v) is 6.22. The third-order valence-electron chi connectivity index (χ3n) is 7.88. The molecule has 3 aromatic heterocycles. The van der Waals surface area contributed by atoms with Gasteiger partial charge in [0.15, 0.2) is 5.69 Å². The lowest BCUT2D eigenvalue weighted by atomic mass is 9.94. The molecule has 0 radical (unpaired) electrons. The number of halogens is 1. The Morgan fingerprint density at radius 1 is 1.09 bits per heavy atom. The zero-order valence-electron chi connectivity index (χ0n) is 25.6. The Labute approximate surface area is 261 Å². The molecule has 1 aliphatic rings. The highest BCUT2D eigenvalue weighted by atomic mass is 35.5. The van der Waals surface area contributed by atoms with Gasteiger partial charge in [-0.05, 0) is 70.4 Å². The minimum atomic E-state index is -3.83. The zero-order valence-corrected chi connectivity index (χ0v) is 27.2. The SMILES string of the molecule is Cc1cc([C@@H](C)Nc2ccc(Cl)nc2C(=O)NS(C)(=O)=O)c2nc(N3CCC(c4ccn(C(C)C)n4)CC3)n(C)c(=O)c2c1. The van der Waals surface area contributed by atoms with E-state index in [1.54, 1.807) is 17.7 Å². The van der Waals surface area contributed by atoms with E-state index in [0.717, 1.165) is 49.0 Å². The Bertz CT molecular complexity index is 1890. The summed E-state index contributed by atoms with van der Waals surface area (Å²) < 4.78 is 29.0. The first-order valence-electron chi connectivity index (χ1n) is 14.5. The highest BCUT2D eigenvalue weighted by molar-refractivity contribution is 7.89. The van der Waals surface area contributed by atoms with Crippen molar-refractivity contribution in [2.45, 2.75) is 58.5 Å².